The SMILES string of the molecule is Cc1cc([N+](=O)[O-])ccc1/N=C1/N[C@H](CC(C)C)CS1. The van der Waals surface area contributed by atoms with Crippen molar-refractivity contribution >= 4 is 28.3 Å². The van der Waals surface area contributed by atoms with Crippen LogP contribution in [0, 0.1) is 23.0 Å². The number of amidine groups is 1. The van der Waals surface area contributed by atoms with E-state index < -0.39 is 0 Å². The van der Waals surface area contributed by atoms with Gasteiger partial charge in [-0.25, -0.2) is 4.99 Å². The van der Waals surface area contributed by atoms with E-state index >= 15 is 0 Å². The normalized spacial score (nSPS) is 20.4. The van der Waals surface area contributed by atoms with Gasteiger partial charge in [0.1, 0.15) is 0 Å². The summed E-state index contributed by atoms with van der Waals surface area (Å²) in [6.07, 6.45) is 1.13. The molecule has 0 amide bonds. The van der Waals surface area contributed by atoms with Crippen molar-refractivity contribution in [2.75, 3.05) is 5.75 Å². The third kappa shape index (κ3) is 3.72. The zero-order valence-corrected chi connectivity index (χ0v) is 12.7. The number of aryl methyl sites for hydroxylation is 1. The highest BCUT2D eigenvalue weighted by atomic mass is 32.2. The van der Waals surface area contributed by atoms with Gasteiger partial charge in [-0.15, -0.1) is 0 Å². The Hall–Kier alpha value is -1.56. The van der Waals surface area contributed by atoms with Crippen LogP contribution in [-0.4, -0.2) is 21.9 Å². The van der Waals surface area contributed by atoms with E-state index in [4.69, 9.17) is 0 Å². The number of non-ortho nitro benzene ring substituents is 1. The number of benzene rings is 1. The second-order valence-corrected chi connectivity index (χ2v) is 6.44. The van der Waals surface area contributed by atoms with Gasteiger partial charge in [-0.2, -0.15) is 0 Å². The molecule has 0 unspecified atom stereocenters. The van der Waals surface area contributed by atoms with E-state index in [-0.39, 0.29) is 10.6 Å². The minimum absolute atomic E-state index is 0.108. The molecule has 0 aromatic heterocycles. The summed E-state index contributed by atoms with van der Waals surface area (Å²) in [7, 11) is 0. The maximum Gasteiger partial charge on any atom is 0.269 e. The standard InChI is InChI=1S/C14H19N3O2S/c1-9(2)6-11-8-20-14(15-11)16-13-5-4-12(17(18)19)7-10(13)3/h4-5,7,9,11H,6,8H2,1-3H3,(H,15,16)/t11-/m1/s1. The fourth-order valence-electron chi connectivity index (χ4n) is 2.19. The highest BCUT2D eigenvalue weighted by molar-refractivity contribution is 8.14. The number of nitro benzene ring substituents is 1. The average Bonchev–Trinajstić information content (AvgIpc) is 2.78. The second-order valence-electron chi connectivity index (χ2n) is 5.43. The maximum atomic E-state index is 10.7. The lowest BCUT2D eigenvalue weighted by molar-refractivity contribution is -0.384. The molecule has 0 aliphatic carbocycles. The summed E-state index contributed by atoms with van der Waals surface area (Å²) in [6.45, 7) is 6.27. The Morgan fingerprint density at radius 1 is 1.55 bits per heavy atom. The van der Waals surface area contributed by atoms with Crippen LogP contribution in [-0.2, 0) is 0 Å². The molecule has 108 valence electrons. The Balaban J connectivity index is 2.10. The molecule has 20 heavy (non-hydrogen) atoms. The molecule has 6 heteroatoms. The first kappa shape index (κ1) is 14.8. The Kier molecular flexibility index (Phi) is 4.65. The molecule has 1 atom stereocenters. The van der Waals surface area contributed by atoms with Crippen LogP contribution in [0.1, 0.15) is 25.8 Å². The van der Waals surface area contributed by atoms with Gasteiger partial charge < -0.3 is 5.32 Å². The number of hydrogen-bond donors (Lipinski definition) is 1. The van der Waals surface area contributed by atoms with E-state index in [1.165, 1.54) is 6.07 Å². The summed E-state index contributed by atoms with van der Waals surface area (Å²) >= 11 is 1.71. The van der Waals surface area contributed by atoms with Crippen LogP contribution >= 0.6 is 11.8 Å². The predicted molar refractivity (Wildman–Crippen MR) is 83.8 cm³/mol. The van der Waals surface area contributed by atoms with Crippen molar-refractivity contribution in [1.29, 1.82) is 0 Å². The molecule has 0 spiro atoms. The summed E-state index contributed by atoms with van der Waals surface area (Å²) in [4.78, 5) is 14.9. The van der Waals surface area contributed by atoms with Crippen molar-refractivity contribution in [1.82, 2.24) is 5.32 Å². The lowest BCUT2D eigenvalue weighted by Gasteiger charge is -2.11. The van der Waals surface area contributed by atoms with Crippen molar-refractivity contribution in [3.8, 4) is 0 Å². The van der Waals surface area contributed by atoms with Gasteiger partial charge in [0, 0.05) is 23.9 Å². The Morgan fingerprint density at radius 2 is 2.30 bits per heavy atom. The number of nitrogens with one attached hydrogen (secondary N) is 1. The third-order valence-corrected chi connectivity index (χ3v) is 4.17. The molecule has 1 aliphatic rings. The molecular weight excluding hydrogens is 274 g/mol. The molecule has 2 rings (SSSR count). The molecule has 1 heterocycles. The van der Waals surface area contributed by atoms with Crippen LogP contribution in [0.5, 0.6) is 0 Å². The van der Waals surface area contributed by atoms with Crippen molar-refractivity contribution in [2.45, 2.75) is 33.2 Å². The quantitative estimate of drug-likeness (QED) is 0.679. The van der Waals surface area contributed by atoms with Gasteiger partial charge in [0.25, 0.3) is 5.69 Å². The van der Waals surface area contributed by atoms with E-state index in [1.54, 1.807) is 23.9 Å². The van der Waals surface area contributed by atoms with Crippen molar-refractivity contribution in [3.63, 3.8) is 0 Å². The van der Waals surface area contributed by atoms with Crippen LogP contribution in [0.2, 0.25) is 0 Å². The molecule has 1 saturated heterocycles. The molecule has 1 aliphatic heterocycles. The molecule has 5 nitrogen and oxygen atoms in total. The maximum absolute atomic E-state index is 10.7. The highest BCUT2D eigenvalue weighted by Crippen LogP contribution is 2.27. The molecule has 1 N–H and O–H groups in total. The largest absolute Gasteiger partial charge is 0.361 e. The molecule has 0 radical (unpaired) electrons. The van der Waals surface area contributed by atoms with Crippen LogP contribution < -0.4 is 5.32 Å². The number of aliphatic imine (C=N–C) groups is 1. The summed E-state index contributed by atoms with van der Waals surface area (Å²) in [5.41, 5.74) is 1.72. The Bertz CT molecular complexity index is 543. The van der Waals surface area contributed by atoms with E-state index in [2.05, 4.69) is 24.2 Å². The van der Waals surface area contributed by atoms with Crippen LogP contribution in [0.25, 0.3) is 0 Å². The second kappa shape index (κ2) is 6.26. The van der Waals surface area contributed by atoms with Gasteiger partial charge in [0.05, 0.1) is 10.6 Å². The van der Waals surface area contributed by atoms with Crippen molar-refractivity contribution < 1.29 is 4.92 Å². The minimum Gasteiger partial charge on any atom is -0.361 e. The molecule has 1 aromatic carbocycles. The minimum atomic E-state index is -0.384. The van der Waals surface area contributed by atoms with Gasteiger partial charge >= 0.3 is 0 Å². The topological polar surface area (TPSA) is 67.5 Å². The summed E-state index contributed by atoms with van der Waals surface area (Å²) in [5.74, 6) is 1.69. The molecule has 1 aromatic rings. The van der Waals surface area contributed by atoms with E-state index in [1.807, 2.05) is 6.92 Å². The number of rotatable bonds is 4. The van der Waals surface area contributed by atoms with Crippen LogP contribution in [0.15, 0.2) is 23.2 Å². The highest BCUT2D eigenvalue weighted by Gasteiger charge is 2.21. The summed E-state index contributed by atoms with van der Waals surface area (Å²) < 4.78 is 0. The van der Waals surface area contributed by atoms with E-state index in [0.717, 1.165) is 28.6 Å². The van der Waals surface area contributed by atoms with Gasteiger partial charge in [0.15, 0.2) is 5.17 Å². The lowest BCUT2D eigenvalue weighted by Crippen LogP contribution is -2.28. The Labute approximate surface area is 123 Å². The predicted octanol–water partition coefficient (Wildman–Crippen LogP) is 3.64. The third-order valence-electron chi connectivity index (χ3n) is 3.12. The van der Waals surface area contributed by atoms with Crippen molar-refractivity contribution in [2.24, 2.45) is 10.9 Å². The molecule has 0 bridgehead atoms. The molecule has 0 saturated carbocycles. The number of nitrogens with zero attached hydrogens (tertiary/aromatic N) is 2. The fourth-order valence-corrected chi connectivity index (χ4v) is 3.18. The van der Waals surface area contributed by atoms with E-state index in [0.29, 0.717) is 12.0 Å². The average molecular weight is 293 g/mol. The fraction of sp³-hybridized carbons (Fsp3) is 0.500. The zero-order chi connectivity index (χ0) is 14.7. The first-order chi connectivity index (χ1) is 9.45. The van der Waals surface area contributed by atoms with Crippen molar-refractivity contribution in [3.05, 3.63) is 33.9 Å². The number of thioether (sulfide) groups is 1. The van der Waals surface area contributed by atoms with Gasteiger partial charge in [-0.3, -0.25) is 10.1 Å². The molecule has 1 fully saturated rings. The van der Waals surface area contributed by atoms with Crippen LogP contribution in [0.3, 0.4) is 0 Å². The number of hydrogen-bond acceptors (Lipinski definition) is 4. The lowest BCUT2D eigenvalue weighted by atomic mass is 10.1. The first-order valence-electron chi connectivity index (χ1n) is 6.68. The summed E-state index contributed by atoms with van der Waals surface area (Å²) in [6, 6.07) is 5.23. The zero-order valence-electron chi connectivity index (χ0n) is 11.9. The monoisotopic (exact) mass is 293 g/mol. The van der Waals surface area contributed by atoms with E-state index in [9.17, 15) is 10.1 Å². The Morgan fingerprint density at radius 3 is 2.90 bits per heavy atom. The van der Waals surface area contributed by atoms with Gasteiger partial charge in [0.2, 0.25) is 0 Å². The molecular formula is C14H19N3O2S. The van der Waals surface area contributed by atoms with Gasteiger partial charge in [-0.05, 0) is 30.9 Å². The first-order valence-corrected chi connectivity index (χ1v) is 7.67. The summed E-state index contributed by atoms with van der Waals surface area (Å²) in [5, 5.41) is 15.0. The van der Waals surface area contributed by atoms with Gasteiger partial charge in [-0.1, -0.05) is 25.6 Å². The smallest absolute Gasteiger partial charge is 0.269 e. The number of nitro groups is 1. The van der Waals surface area contributed by atoms with Crippen LogP contribution in [0.4, 0.5) is 11.4 Å².